The number of benzene rings is 1. The second-order valence-electron chi connectivity index (χ2n) is 6.68. The van der Waals surface area contributed by atoms with Crippen LogP contribution in [0.15, 0.2) is 61.2 Å². The summed E-state index contributed by atoms with van der Waals surface area (Å²) in [6, 6.07) is 9.41. The van der Waals surface area contributed by atoms with Crippen LogP contribution in [0, 0.1) is 11.6 Å². The number of imidazole rings is 1. The lowest BCUT2D eigenvalue weighted by Gasteiger charge is -2.09. The first kappa shape index (κ1) is 19.5. The van der Waals surface area contributed by atoms with E-state index in [-0.39, 0.29) is 10.0 Å². The standard InChI is InChI=1S/C22H11Cl2F2N5/c23-15-8-16(24)17(25)6-14(15)21-29-19-7-13(12-3-5-28-10-18(12)26)20(30-22(19)31-21)11-2-1-4-27-9-11/h1-10H,(H,29,30,31). The molecule has 5 nitrogen and oxygen atoms in total. The van der Waals surface area contributed by atoms with E-state index in [9.17, 15) is 8.78 Å². The average molecular weight is 454 g/mol. The fourth-order valence-corrected chi connectivity index (χ4v) is 3.77. The Kier molecular flexibility index (Phi) is 4.84. The minimum absolute atomic E-state index is 0.0858. The molecular formula is C22H11Cl2F2N5. The summed E-state index contributed by atoms with van der Waals surface area (Å²) in [6.45, 7) is 0. The first-order valence-electron chi connectivity index (χ1n) is 9.07. The molecule has 0 saturated carbocycles. The predicted octanol–water partition coefficient (Wildman–Crippen LogP) is 6.33. The lowest BCUT2D eigenvalue weighted by molar-refractivity contribution is 0.625. The van der Waals surface area contributed by atoms with Crippen molar-refractivity contribution in [3.05, 3.63) is 82.9 Å². The Bertz CT molecular complexity index is 1440. The molecule has 0 aliphatic heterocycles. The van der Waals surface area contributed by atoms with Crippen molar-refractivity contribution in [2.45, 2.75) is 0 Å². The summed E-state index contributed by atoms with van der Waals surface area (Å²) in [5.41, 5.74) is 3.27. The quantitative estimate of drug-likeness (QED) is 0.324. The van der Waals surface area contributed by atoms with E-state index in [1.165, 1.54) is 18.3 Å². The summed E-state index contributed by atoms with van der Waals surface area (Å²) in [7, 11) is 0. The molecule has 5 aromatic rings. The molecule has 4 aromatic heterocycles. The van der Waals surface area contributed by atoms with Gasteiger partial charge in [0.25, 0.3) is 0 Å². The number of hydrogen-bond donors (Lipinski definition) is 1. The lowest BCUT2D eigenvalue weighted by atomic mass is 10.0. The van der Waals surface area contributed by atoms with Crippen LogP contribution in [0.4, 0.5) is 8.78 Å². The van der Waals surface area contributed by atoms with Crippen molar-refractivity contribution in [2.75, 3.05) is 0 Å². The molecule has 9 heteroatoms. The molecule has 0 spiro atoms. The number of fused-ring (bicyclic) bond motifs is 1. The smallest absolute Gasteiger partial charge is 0.178 e. The van der Waals surface area contributed by atoms with Crippen molar-refractivity contribution in [1.82, 2.24) is 24.9 Å². The van der Waals surface area contributed by atoms with Crippen molar-refractivity contribution in [1.29, 1.82) is 0 Å². The van der Waals surface area contributed by atoms with Gasteiger partial charge >= 0.3 is 0 Å². The molecule has 152 valence electrons. The van der Waals surface area contributed by atoms with Gasteiger partial charge in [0.05, 0.1) is 27.5 Å². The van der Waals surface area contributed by atoms with Crippen molar-refractivity contribution in [3.63, 3.8) is 0 Å². The highest BCUT2D eigenvalue weighted by molar-refractivity contribution is 6.36. The first-order valence-corrected chi connectivity index (χ1v) is 9.83. The Morgan fingerprint density at radius 3 is 2.39 bits per heavy atom. The zero-order chi connectivity index (χ0) is 21.5. The highest BCUT2D eigenvalue weighted by Crippen LogP contribution is 2.36. The van der Waals surface area contributed by atoms with Crippen LogP contribution in [-0.2, 0) is 0 Å². The van der Waals surface area contributed by atoms with Crippen LogP contribution < -0.4 is 0 Å². The number of rotatable bonds is 3. The number of aromatic nitrogens is 5. The fraction of sp³-hybridized carbons (Fsp3) is 0. The third-order valence-electron chi connectivity index (χ3n) is 4.74. The average Bonchev–Trinajstić information content (AvgIpc) is 3.19. The minimum Gasteiger partial charge on any atom is -0.337 e. The molecule has 0 atom stereocenters. The SMILES string of the molecule is Fc1cc(-c2nc3nc(-c4cccnc4)c(-c4ccncc4F)cc3[nH]2)c(Cl)cc1Cl. The van der Waals surface area contributed by atoms with Gasteiger partial charge in [0.15, 0.2) is 5.65 Å². The second kappa shape index (κ2) is 7.68. The van der Waals surface area contributed by atoms with Crippen LogP contribution in [0.5, 0.6) is 0 Å². The van der Waals surface area contributed by atoms with Crippen molar-refractivity contribution in [3.8, 4) is 33.8 Å². The van der Waals surface area contributed by atoms with E-state index in [0.29, 0.717) is 44.9 Å². The van der Waals surface area contributed by atoms with Gasteiger partial charge in [-0.05, 0) is 36.4 Å². The molecule has 0 amide bonds. The third-order valence-corrected chi connectivity index (χ3v) is 5.34. The normalized spacial score (nSPS) is 11.2. The highest BCUT2D eigenvalue weighted by atomic mass is 35.5. The van der Waals surface area contributed by atoms with E-state index < -0.39 is 11.6 Å². The number of hydrogen-bond acceptors (Lipinski definition) is 4. The summed E-state index contributed by atoms with van der Waals surface area (Å²) < 4.78 is 28.6. The van der Waals surface area contributed by atoms with E-state index >= 15 is 0 Å². The number of nitrogens with zero attached hydrogens (tertiary/aromatic N) is 4. The molecule has 0 aliphatic carbocycles. The summed E-state index contributed by atoms with van der Waals surface area (Å²) in [5.74, 6) is -0.797. The molecule has 31 heavy (non-hydrogen) atoms. The maximum absolute atomic E-state index is 14.6. The minimum atomic E-state index is -0.620. The van der Waals surface area contributed by atoms with Crippen molar-refractivity contribution < 1.29 is 8.78 Å². The highest BCUT2D eigenvalue weighted by Gasteiger charge is 2.18. The maximum atomic E-state index is 14.6. The maximum Gasteiger partial charge on any atom is 0.178 e. The van der Waals surface area contributed by atoms with Gasteiger partial charge in [0, 0.05) is 40.8 Å². The Morgan fingerprint density at radius 2 is 1.61 bits per heavy atom. The van der Waals surface area contributed by atoms with E-state index in [2.05, 4.69) is 24.9 Å². The third kappa shape index (κ3) is 3.52. The molecule has 0 fully saturated rings. The van der Waals surface area contributed by atoms with Crippen LogP contribution in [0.2, 0.25) is 10.0 Å². The van der Waals surface area contributed by atoms with Gasteiger partial charge < -0.3 is 4.98 Å². The molecule has 0 aliphatic rings. The van der Waals surface area contributed by atoms with Gasteiger partial charge in [-0.2, -0.15) is 0 Å². The largest absolute Gasteiger partial charge is 0.337 e. The molecule has 1 aromatic carbocycles. The number of pyridine rings is 3. The van der Waals surface area contributed by atoms with Gasteiger partial charge in [-0.15, -0.1) is 0 Å². The van der Waals surface area contributed by atoms with E-state index in [1.54, 1.807) is 30.6 Å². The monoisotopic (exact) mass is 453 g/mol. The van der Waals surface area contributed by atoms with Crippen LogP contribution >= 0.6 is 23.2 Å². The van der Waals surface area contributed by atoms with Crippen LogP contribution in [0.1, 0.15) is 0 Å². The number of H-pyrrole nitrogens is 1. The number of nitrogens with one attached hydrogen (secondary N) is 1. The van der Waals surface area contributed by atoms with Crippen LogP contribution in [0.3, 0.4) is 0 Å². The number of aromatic amines is 1. The molecular weight excluding hydrogens is 443 g/mol. The zero-order valence-corrected chi connectivity index (χ0v) is 17.1. The van der Waals surface area contributed by atoms with E-state index in [0.717, 1.165) is 6.20 Å². The lowest BCUT2D eigenvalue weighted by Crippen LogP contribution is -1.94. The molecule has 4 heterocycles. The Morgan fingerprint density at radius 1 is 0.774 bits per heavy atom. The molecule has 1 N–H and O–H groups in total. The first-order chi connectivity index (χ1) is 15.0. The van der Waals surface area contributed by atoms with Gasteiger partial charge in [-0.25, -0.2) is 18.7 Å². The topological polar surface area (TPSA) is 67.3 Å². The van der Waals surface area contributed by atoms with Gasteiger partial charge in [0.1, 0.15) is 17.5 Å². The Labute approximate surface area is 184 Å². The molecule has 5 rings (SSSR count). The van der Waals surface area contributed by atoms with Gasteiger partial charge in [0.2, 0.25) is 0 Å². The van der Waals surface area contributed by atoms with E-state index in [4.69, 9.17) is 23.2 Å². The molecule has 0 radical (unpaired) electrons. The van der Waals surface area contributed by atoms with Crippen LogP contribution in [-0.4, -0.2) is 24.9 Å². The van der Waals surface area contributed by atoms with Gasteiger partial charge in [-0.3, -0.25) is 9.97 Å². The van der Waals surface area contributed by atoms with Crippen LogP contribution in [0.25, 0.3) is 44.9 Å². The van der Waals surface area contributed by atoms with Gasteiger partial charge in [-0.1, -0.05) is 23.2 Å². The summed E-state index contributed by atoms with van der Waals surface area (Å²) >= 11 is 12.0. The predicted molar refractivity (Wildman–Crippen MR) is 116 cm³/mol. The molecule has 0 unspecified atom stereocenters. The zero-order valence-electron chi connectivity index (χ0n) is 15.6. The molecule has 0 bridgehead atoms. The Hall–Kier alpha value is -3.42. The van der Waals surface area contributed by atoms with Crippen molar-refractivity contribution >= 4 is 34.4 Å². The van der Waals surface area contributed by atoms with Crippen molar-refractivity contribution in [2.24, 2.45) is 0 Å². The summed E-state index contributed by atoms with van der Waals surface area (Å²) in [4.78, 5) is 20.2. The van der Waals surface area contributed by atoms with E-state index in [1.807, 2.05) is 6.07 Å². The fourth-order valence-electron chi connectivity index (χ4n) is 3.30. The summed E-state index contributed by atoms with van der Waals surface area (Å²) in [5, 5.41) is 0.149. The summed E-state index contributed by atoms with van der Waals surface area (Å²) in [6.07, 6.45) is 5.92. The second-order valence-corrected chi connectivity index (χ2v) is 7.50. The Balaban J connectivity index is 1.77. The number of halogens is 4. The molecule has 0 saturated heterocycles.